The highest BCUT2D eigenvalue weighted by Crippen LogP contribution is 2.05. The van der Waals surface area contributed by atoms with Crippen LogP contribution in [0.25, 0.3) is 0 Å². The Morgan fingerprint density at radius 3 is 2.75 bits per heavy atom. The minimum absolute atomic E-state index is 0.0179. The van der Waals surface area contributed by atoms with Gasteiger partial charge in [-0.3, -0.25) is 4.79 Å². The van der Waals surface area contributed by atoms with Crippen molar-refractivity contribution in [2.45, 2.75) is 32.7 Å². The summed E-state index contributed by atoms with van der Waals surface area (Å²) in [6.45, 7) is 6.42. The van der Waals surface area contributed by atoms with E-state index in [1.807, 2.05) is 0 Å². The number of nitrogens with one attached hydrogen (secondary N) is 2. The van der Waals surface area contributed by atoms with Crippen molar-refractivity contribution in [2.75, 3.05) is 26.4 Å². The van der Waals surface area contributed by atoms with Gasteiger partial charge in [0.25, 0.3) is 0 Å². The van der Waals surface area contributed by atoms with E-state index in [-0.39, 0.29) is 18.5 Å². The molecule has 5 heteroatoms. The number of hydroxylamine groups is 1. The average molecular weight is 230 g/mol. The molecule has 0 aromatic rings. The number of hydrogen-bond acceptors (Lipinski definition) is 4. The average Bonchev–Trinajstić information content (AvgIpc) is 2.25. The predicted molar refractivity (Wildman–Crippen MR) is 60.8 cm³/mol. The van der Waals surface area contributed by atoms with Crippen LogP contribution < -0.4 is 10.8 Å². The third-order valence-corrected chi connectivity index (χ3v) is 2.34. The molecule has 1 aliphatic rings. The molecule has 0 aromatic carbocycles. The zero-order valence-electron chi connectivity index (χ0n) is 10.1. The van der Waals surface area contributed by atoms with Gasteiger partial charge in [0.1, 0.15) is 0 Å². The van der Waals surface area contributed by atoms with Crippen LogP contribution in [0.4, 0.5) is 0 Å². The van der Waals surface area contributed by atoms with Crippen molar-refractivity contribution in [3.8, 4) is 0 Å². The maximum Gasteiger partial charge on any atom is 0.236 e. The van der Waals surface area contributed by atoms with Crippen molar-refractivity contribution in [1.29, 1.82) is 0 Å². The predicted octanol–water partition coefficient (Wildman–Crippen LogP) is 0.459. The van der Waals surface area contributed by atoms with Gasteiger partial charge in [-0.1, -0.05) is 13.8 Å². The Morgan fingerprint density at radius 2 is 2.12 bits per heavy atom. The third kappa shape index (κ3) is 6.05. The Morgan fingerprint density at radius 1 is 1.44 bits per heavy atom. The van der Waals surface area contributed by atoms with E-state index in [0.717, 1.165) is 26.1 Å². The first kappa shape index (κ1) is 13.4. The number of hydrogen-bond donors (Lipinski definition) is 2. The topological polar surface area (TPSA) is 59.6 Å². The van der Waals surface area contributed by atoms with Crippen LogP contribution in [0.3, 0.4) is 0 Å². The van der Waals surface area contributed by atoms with Gasteiger partial charge >= 0.3 is 0 Å². The van der Waals surface area contributed by atoms with Gasteiger partial charge in [0.2, 0.25) is 5.91 Å². The van der Waals surface area contributed by atoms with E-state index in [4.69, 9.17) is 9.57 Å². The normalized spacial score (nSPS) is 17.7. The summed E-state index contributed by atoms with van der Waals surface area (Å²) in [6, 6.07) is 0.258. The molecule has 2 N–H and O–H groups in total. The lowest BCUT2D eigenvalue weighted by Gasteiger charge is -2.23. The number of carbonyl (C=O) groups is 1. The molecule has 0 unspecified atom stereocenters. The fourth-order valence-electron chi connectivity index (χ4n) is 1.46. The van der Waals surface area contributed by atoms with Gasteiger partial charge in [-0.05, 0) is 18.8 Å². The Kier molecular flexibility index (Phi) is 6.37. The van der Waals surface area contributed by atoms with Gasteiger partial charge in [0.05, 0.1) is 13.2 Å². The molecule has 1 heterocycles. The summed E-state index contributed by atoms with van der Waals surface area (Å²) >= 11 is 0. The van der Waals surface area contributed by atoms with Gasteiger partial charge in [-0.25, -0.2) is 0 Å². The van der Waals surface area contributed by atoms with E-state index >= 15 is 0 Å². The first-order chi connectivity index (χ1) is 7.68. The molecule has 0 atom stereocenters. The molecule has 0 saturated carbocycles. The quantitative estimate of drug-likeness (QED) is 0.514. The van der Waals surface area contributed by atoms with Gasteiger partial charge < -0.3 is 14.9 Å². The van der Waals surface area contributed by atoms with Crippen LogP contribution in [0.15, 0.2) is 0 Å². The van der Waals surface area contributed by atoms with E-state index < -0.39 is 0 Å². The molecule has 0 radical (unpaired) electrons. The fourth-order valence-corrected chi connectivity index (χ4v) is 1.46. The molecule has 5 nitrogen and oxygen atoms in total. The van der Waals surface area contributed by atoms with Crippen LogP contribution in [0.5, 0.6) is 0 Å². The lowest BCUT2D eigenvalue weighted by Crippen LogP contribution is -2.43. The molecule has 1 amide bonds. The van der Waals surface area contributed by atoms with E-state index in [0.29, 0.717) is 12.5 Å². The zero-order valence-corrected chi connectivity index (χ0v) is 10.1. The highest BCUT2D eigenvalue weighted by atomic mass is 16.6. The Labute approximate surface area is 96.8 Å². The molecule has 0 spiro atoms. The summed E-state index contributed by atoms with van der Waals surface area (Å²) in [5.74, 6) is 0.446. The number of ether oxygens (including phenoxy) is 1. The second kappa shape index (κ2) is 7.60. The summed E-state index contributed by atoms with van der Waals surface area (Å²) in [5.41, 5.74) is 2.66. The number of rotatable bonds is 6. The third-order valence-electron chi connectivity index (χ3n) is 2.34. The second-order valence-electron chi connectivity index (χ2n) is 4.48. The Balaban J connectivity index is 2.01. The summed E-state index contributed by atoms with van der Waals surface area (Å²) in [4.78, 5) is 16.6. The Bertz CT molecular complexity index is 203. The summed E-state index contributed by atoms with van der Waals surface area (Å²) in [6.07, 6.45) is 1.80. The lowest BCUT2D eigenvalue weighted by molar-refractivity contribution is -0.124. The van der Waals surface area contributed by atoms with Crippen LogP contribution in [0, 0.1) is 5.92 Å². The summed E-state index contributed by atoms with van der Waals surface area (Å²) in [7, 11) is 0. The van der Waals surface area contributed by atoms with Crippen LogP contribution in [0.1, 0.15) is 26.7 Å². The van der Waals surface area contributed by atoms with Crippen molar-refractivity contribution in [3.63, 3.8) is 0 Å². The highest BCUT2D eigenvalue weighted by Gasteiger charge is 2.15. The Hall–Kier alpha value is -0.650. The molecule has 1 rings (SSSR count). The zero-order chi connectivity index (χ0) is 11.8. The van der Waals surface area contributed by atoms with E-state index in [1.165, 1.54) is 0 Å². The minimum atomic E-state index is -0.0179. The molecule has 1 aliphatic heterocycles. The maximum absolute atomic E-state index is 11.5. The molecular formula is C11H22N2O3. The van der Waals surface area contributed by atoms with E-state index in [9.17, 15) is 4.79 Å². The van der Waals surface area contributed by atoms with Crippen molar-refractivity contribution in [3.05, 3.63) is 0 Å². The standard InChI is InChI=1S/C11H22N2O3/c1-9(2)8-16-12-7-11(14)13-10-3-5-15-6-4-10/h9-10,12H,3-8H2,1-2H3,(H,13,14). The molecule has 94 valence electrons. The van der Waals surface area contributed by atoms with Crippen molar-refractivity contribution < 1.29 is 14.4 Å². The molecule has 16 heavy (non-hydrogen) atoms. The lowest BCUT2D eigenvalue weighted by atomic mass is 10.1. The monoisotopic (exact) mass is 230 g/mol. The first-order valence-corrected chi connectivity index (χ1v) is 5.90. The van der Waals surface area contributed by atoms with Gasteiger partial charge in [0.15, 0.2) is 0 Å². The maximum atomic E-state index is 11.5. The number of amides is 1. The molecule has 1 fully saturated rings. The van der Waals surface area contributed by atoms with E-state index in [2.05, 4.69) is 24.6 Å². The van der Waals surface area contributed by atoms with Crippen molar-refractivity contribution >= 4 is 5.91 Å². The molecule has 0 aliphatic carbocycles. The van der Waals surface area contributed by atoms with Gasteiger partial charge in [-0.2, -0.15) is 5.48 Å². The molecule has 0 aromatic heterocycles. The SMILES string of the molecule is CC(C)CONCC(=O)NC1CCOCC1. The van der Waals surface area contributed by atoms with Crippen LogP contribution in [-0.2, 0) is 14.4 Å². The first-order valence-electron chi connectivity index (χ1n) is 5.90. The second-order valence-corrected chi connectivity index (χ2v) is 4.48. The van der Waals surface area contributed by atoms with Crippen LogP contribution >= 0.6 is 0 Å². The van der Waals surface area contributed by atoms with Crippen LogP contribution in [-0.4, -0.2) is 38.3 Å². The molecular weight excluding hydrogens is 208 g/mol. The number of carbonyl (C=O) groups excluding carboxylic acids is 1. The van der Waals surface area contributed by atoms with Crippen molar-refractivity contribution in [2.24, 2.45) is 5.92 Å². The minimum Gasteiger partial charge on any atom is -0.381 e. The van der Waals surface area contributed by atoms with Crippen molar-refractivity contribution in [1.82, 2.24) is 10.8 Å². The van der Waals surface area contributed by atoms with Gasteiger partial charge in [0, 0.05) is 19.3 Å². The smallest absolute Gasteiger partial charge is 0.236 e. The fraction of sp³-hybridized carbons (Fsp3) is 0.909. The summed E-state index contributed by atoms with van der Waals surface area (Å²) in [5, 5.41) is 2.95. The highest BCUT2D eigenvalue weighted by molar-refractivity contribution is 5.78. The van der Waals surface area contributed by atoms with E-state index in [1.54, 1.807) is 0 Å². The molecule has 0 bridgehead atoms. The largest absolute Gasteiger partial charge is 0.381 e. The van der Waals surface area contributed by atoms with Gasteiger partial charge in [-0.15, -0.1) is 0 Å². The molecule has 1 saturated heterocycles. The van der Waals surface area contributed by atoms with Crippen LogP contribution in [0.2, 0.25) is 0 Å². The summed E-state index contributed by atoms with van der Waals surface area (Å²) < 4.78 is 5.21.